The first kappa shape index (κ1) is 14.0. The van der Waals surface area contributed by atoms with Crippen molar-refractivity contribution < 1.29 is 9.84 Å². The number of rotatable bonds is 4. The summed E-state index contributed by atoms with van der Waals surface area (Å²) in [5.74, 6) is 0.508. The van der Waals surface area contributed by atoms with Crippen LogP contribution in [0.1, 0.15) is 22.4 Å². The van der Waals surface area contributed by atoms with Gasteiger partial charge >= 0.3 is 0 Å². The van der Waals surface area contributed by atoms with Gasteiger partial charge in [-0.05, 0) is 25.5 Å². The lowest BCUT2D eigenvalue weighted by molar-refractivity contribution is 0.276. The van der Waals surface area contributed by atoms with Crippen molar-refractivity contribution in [2.75, 3.05) is 0 Å². The predicted molar refractivity (Wildman–Crippen MR) is 75.0 cm³/mol. The van der Waals surface area contributed by atoms with Crippen LogP contribution in [0.4, 0.5) is 0 Å². The van der Waals surface area contributed by atoms with E-state index in [1.165, 1.54) is 0 Å². The van der Waals surface area contributed by atoms with Crippen molar-refractivity contribution >= 4 is 5.84 Å². The summed E-state index contributed by atoms with van der Waals surface area (Å²) in [7, 11) is 0. The van der Waals surface area contributed by atoms with Crippen LogP contribution in [-0.4, -0.2) is 21.1 Å². The van der Waals surface area contributed by atoms with Crippen LogP contribution in [-0.2, 0) is 6.61 Å². The summed E-state index contributed by atoms with van der Waals surface area (Å²) < 4.78 is 5.67. The number of hydrogen-bond donors (Lipinski definition) is 3. The predicted octanol–water partition coefficient (Wildman–Crippen LogP) is 1.66. The van der Waals surface area contributed by atoms with Gasteiger partial charge in [-0.3, -0.25) is 5.41 Å². The van der Waals surface area contributed by atoms with E-state index in [0.717, 1.165) is 5.56 Å². The largest absolute Gasteiger partial charge is 0.437 e. The monoisotopic (exact) mass is 272 g/mol. The molecule has 0 aliphatic heterocycles. The fourth-order valence-corrected chi connectivity index (χ4v) is 1.81. The Bertz CT molecular complexity index is 656. The lowest BCUT2D eigenvalue weighted by atomic mass is 10.1. The highest BCUT2D eigenvalue weighted by Gasteiger charge is 2.16. The molecule has 0 fully saturated rings. The number of aryl methyl sites for hydroxylation is 1. The van der Waals surface area contributed by atoms with Gasteiger partial charge in [0.05, 0.1) is 17.9 Å². The molecule has 2 rings (SSSR count). The number of amidine groups is 1. The Balaban J connectivity index is 2.49. The van der Waals surface area contributed by atoms with E-state index in [9.17, 15) is 5.11 Å². The van der Waals surface area contributed by atoms with Crippen molar-refractivity contribution in [1.29, 1.82) is 5.41 Å². The van der Waals surface area contributed by atoms with E-state index < -0.39 is 0 Å². The van der Waals surface area contributed by atoms with E-state index in [0.29, 0.717) is 22.6 Å². The summed E-state index contributed by atoms with van der Waals surface area (Å²) in [5.41, 5.74) is 8.09. The number of ether oxygens (including phenoxy) is 1. The number of nitrogen functional groups attached to an aromatic ring is 1. The van der Waals surface area contributed by atoms with Crippen LogP contribution < -0.4 is 10.5 Å². The number of para-hydroxylation sites is 1. The third-order valence-electron chi connectivity index (χ3n) is 3.04. The van der Waals surface area contributed by atoms with Crippen molar-refractivity contribution in [2.45, 2.75) is 20.5 Å². The molecule has 1 heterocycles. The SMILES string of the molecule is Cc1nnc(Oc2ccccc2CO)c(C(=N)N)c1C. The van der Waals surface area contributed by atoms with Crippen LogP contribution in [0.15, 0.2) is 24.3 Å². The van der Waals surface area contributed by atoms with E-state index in [2.05, 4.69) is 10.2 Å². The number of nitrogens with one attached hydrogen (secondary N) is 1. The fourth-order valence-electron chi connectivity index (χ4n) is 1.81. The van der Waals surface area contributed by atoms with Gasteiger partial charge in [0.2, 0.25) is 5.88 Å². The maximum atomic E-state index is 9.29. The van der Waals surface area contributed by atoms with Crippen LogP contribution in [0, 0.1) is 19.3 Å². The average Bonchev–Trinajstić information content (AvgIpc) is 2.43. The number of hydrogen-bond acceptors (Lipinski definition) is 5. The molecule has 0 radical (unpaired) electrons. The summed E-state index contributed by atoms with van der Waals surface area (Å²) in [6, 6.07) is 7.05. The van der Waals surface area contributed by atoms with E-state index >= 15 is 0 Å². The molecule has 2 aromatic rings. The van der Waals surface area contributed by atoms with Crippen molar-refractivity contribution in [2.24, 2.45) is 5.73 Å². The van der Waals surface area contributed by atoms with Crippen molar-refractivity contribution in [3.05, 3.63) is 46.6 Å². The molecule has 0 atom stereocenters. The number of nitrogens with two attached hydrogens (primary N) is 1. The highest BCUT2D eigenvalue weighted by Crippen LogP contribution is 2.28. The quantitative estimate of drug-likeness (QED) is 0.580. The van der Waals surface area contributed by atoms with E-state index in [4.69, 9.17) is 15.9 Å². The average molecular weight is 272 g/mol. The van der Waals surface area contributed by atoms with E-state index in [1.807, 2.05) is 6.92 Å². The number of aliphatic hydroxyl groups excluding tert-OH is 1. The molecular weight excluding hydrogens is 256 g/mol. The van der Waals surface area contributed by atoms with Gasteiger partial charge in [-0.25, -0.2) is 0 Å². The standard InChI is InChI=1S/C14H16N4O2/c1-8-9(2)17-18-14(12(8)13(15)16)20-11-6-4-3-5-10(11)7-19/h3-6,19H,7H2,1-2H3,(H3,15,16). The maximum Gasteiger partial charge on any atom is 0.250 e. The molecule has 6 heteroatoms. The molecule has 1 aromatic heterocycles. The summed E-state index contributed by atoms with van der Waals surface area (Å²) in [4.78, 5) is 0. The first-order valence-corrected chi connectivity index (χ1v) is 6.09. The number of benzene rings is 1. The molecule has 0 amide bonds. The Morgan fingerprint density at radius 3 is 2.65 bits per heavy atom. The molecule has 0 aliphatic carbocycles. The maximum absolute atomic E-state index is 9.29. The second-order valence-corrected chi connectivity index (χ2v) is 4.37. The molecule has 4 N–H and O–H groups in total. The molecule has 6 nitrogen and oxygen atoms in total. The van der Waals surface area contributed by atoms with Gasteiger partial charge in [0.15, 0.2) is 0 Å². The first-order valence-electron chi connectivity index (χ1n) is 6.09. The van der Waals surface area contributed by atoms with Crippen LogP contribution in [0.3, 0.4) is 0 Å². The van der Waals surface area contributed by atoms with E-state index in [-0.39, 0.29) is 18.3 Å². The minimum atomic E-state index is -0.149. The molecule has 0 spiro atoms. The minimum Gasteiger partial charge on any atom is -0.437 e. The zero-order valence-electron chi connectivity index (χ0n) is 11.3. The number of nitrogens with zero attached hydrogens (tertiary/aromatic N) is 2. The topological polar surface area (TPSA) is 105 Å². The molecule has 0 aliphatic rings. The van der Waals surface area contributed by atoms with Gasteiger partial charge in [0, 0.05) is 5.56 Å². The molecule has 1 aromatic carbocycles. The Morgan fingerprint density at radius 2 is 2.00 bits per heavy atom. The molecular formula is C14H16N4O2. The van der Waals surface area contributed by atoms with Crippen LogP contribution in [0.5, 0.6) is 11.6 Å². The highest BCUT2D eigenvalue weighted by molar-refractivity contribution is 5.98. The van der Waals surface area contributed by atoms with Gasteiger partial charge < -0.3 is 15.6 Å². The van der Waals surface area contributed by atoms with Crippen molar-refractivity contribution in [3.8, 4) is 11.6 Å². The first-order chi connectivity index (χ1) is 9.54. The molecule has 0 saturated heterocycles. The van der Waals surface area contributed by atoms with Gasteiger partial charge in [-0.15, -0.1) is 5.10 Å². The smallest absolute Gasteiger partial charge is 0.250 e. The summed E-state index contributed by atoms with van der Waals surface area (Å²) in [6.45, 7) is 3.45. The molecule has 20 heavy (non-hydrogen) atoms. The zero-order valence-corrected chi connectivity index (χ0v) is 11.3. The number of aliphatic hydroxyl groups is 1. The minimum absolute atomic E-state index is 0.128. The van der Waals surface area contributed by atoms with Crippen molar-refractivity contribution in [3.63, 3.8) is 0 Å². The number of aromatic nitrogens is 2. The lowest BCUT2D eigenvalue weighted by Gasteiger charge is -2.13. The second kappa shape index (κ2) is 5.66. The van der Waals surface area contributed by atoms with Gasteiger partial charge in [0.25, 0.3) is 0 Å². The van der Waals surface area contributed by atoms with Crippen molar-refractivity contribution in [1.82, 2.24) is 10.2 Å². The summed E-state index contributed by atoms with van der Waals surface area (Å²) >= 11 is 0. The zero-order chi connectivity index (χ0) is 14.7. The fraction of sp³-hybridized carbons (Fsp3) is 0.214. The normalized spacial score (nSPS) is 10.3. The Kier molecular flexibility index (Phi) is 3.95. The highest BCUT2D eigenvalue weighted by atomic mass is 16.5. The Labute approximate surface area is 116 Å². The van der Waals surface area contributed by atoms with Crippen LogP contribution >= 0.6 is 0 Å². The van der Waals surface area contributed by atoms with Gasteiger partial charge in [-0.2, -0.15) is 5.10 Å². The van der Waals surface area contributed by atoms with Gasteiger partial charge in [0.1, 0.15) is 11.6 Å². The second-order valence-electron chi connectivity index (χ2n) is 4.37. The van der Waals surface area contributed by atoms with Gasteiger partial charge in [-0.1, -0.05) is 18.2 Å². The lowest BCUT2D eigenvalue weighted by Crippen LogP contribution is -2.17. The third kappa shape index (κ3) is 2.60. The van der Waals surface area contributed by atoms with E-state index in [1.54, 1.807) is 31.2 Å². The Morgan fingerprint density at radius 1 is 1.30 bits per heavy atom. The third-order valence-corrected chi connectivity index (χ3v) is 3.04. The Hall–Kier alpha value is -2.47. The van der Waals surface area contributed by atoms with Crippen LogP contribution in [0.2, 0.25) is 0 Å². The van der Waals surface area contributed by atoms with Crippen LogP contribution in [0.25, 0.3) is 0 Å². The molecule has 0 unspecified atom stereocenters. The molecule has 0 bridgehead atoms. The molecule has 104 valence electrons. The summed E-state index contributed by atoms with van der Waals surface area (Å²) in [5, 5.41) is 24.9. The molecule has 0 saturated carbocycles. The summed E-state index contributed by atoms with van der Waals surface area (Å²) in [6.07, 6.45) is 0.